The van der Waals surface area contributed by atoms with Crippen molar-refractivity contribution in [1.82, 2.24) is 14.9 Å². The first-order chi connectivity index (χ1) is 10.2. The molecule has 4 heteroatoms. The lowest BCUT2D eigenvalue weighted by Gasteiger charge is -2.25. The van der Waals surface area contributed by atoms with E-state index in [-0.39, 0.29) is 11.9 Å². The monoisotopic (exact) mass is 287 g/mol. The molecule has 1 atom stereocenters. The van der Waals surface area contributed by atoms with E-state index in [0.717, 1.165) is 43.3 Å². The summed E-state index contributed by atoms with van der Waals surface area (Å²) >= 11 is 0. The Morgan fingerprint density at radius 2 is 2.05 bits per heavy atom. The lowest BCUT2D eigenvalue weighted by atomic mass is 9.93. The van der Waals surface area contributed by atoms with Crippen molar-refractivity contribution in [3.8, 4) is 0 Å². The number of hydrogen-bond acceptors (Lipinski definition) is 2. The second kappa shape index (κ2) is 5.15. The predicted octanol–water partition coefficient (Wildman–Crippen LogP) is 2.45. The van der Waals surface area contributed by atoms with Gasteiger partial charge in [-0.05, 0) is 56.8 Å². The topological polar surface area (TPSA) is 46.9 Å². The summed E-state index contributed by atoms with van der Waals surface area (Å²) < 4.78 is 2.21. The lowest BCUT2D eigenvalue weighted by Crippen LogP contribution is -2.41. The minimum absolute atomic E-state index is 0.282. The van der Waals surface area contributed by atoms with Crippen molar-refractivity contribution >= 4 is 5.91 Å². The summed E-state index contributed by atoms with van der Waals surface area (Å²) in [5.74, 6) is 3.85. The standard InChI is InChI=1S/C17H25N3O/c1-11-9-20-10-14(6-7-16(20)18-11)19-17(21)8-15(12-2-3-12)13-4-5-13/h9,12-15H,2-8,10H2,1H3,(H,19,21)/t14-/m1/s1. The first-order valence-corrected chi connectivity index (χ1v) is 8.51. The van der Waals surface area contributed by atoms with E-state index in [2.05, 4.69) is 21.1 Å². The molecule has 0 aromatic carbocycles. The Morgan fingerprint density at radius 3 is 2.71 bits per heavy atom. The highest BCUT2D eigenvalue weighted by Gasteiger charge is 2.42. The van der Waals surface area contributed by atoms with Gasteiger partial charge in [0.15, 0.2) is 0 Å². The van der Waals surface area contributed by atoms with Crippen LogP contribution in [0.4, 0.5) is 0 Å². The summed E-state index contributed by atoms with van der Waals surface area (Å²) in [6.45, 7) is 2.92. The molecule has 114 valence electrons. The van der Waals surface area contributed by atoms with Gasteiger partial charge in [0.05, 0.1) is 5.69 Å². The van der Waals surface area contributed by atoms with Gasteiger partial charge >= 0.3 is 0 Å². The molecule has 21 heavy (non-hydrogen) atoms. The van der Waals surface area contributed by atoms with Crippen molar-refractivity contribution in [3.05, 3.63) is 17.7 Å². The van der Waals surface area contributed by atoms with Crippen LogP contribution in [0.15, 0.2) is 6.20 Å². The first-order valence-electron chi connectivity index (χ1n) is 8.51. The number of nitrogens with one attached hydrogen (secondary N) is 1. The van der Waals surface area contributed by atoms with Gasteiger partial charge in [0, 0.05) is 31.6 Å². The number of amides is 1. The summed E-state index contributed by atoms with van der Waals surface area (Å²) in [7, 11) is 0. The van der Waals surface area contributed by atoms with E-state index in [9.17, 15) is 4.79 Å². The number of imidazole rings is 1. The third kappa shape index (κ3) is 2.99. The van der Waals surface area contributed by atoms with E-state index in [1.54, 1.807) is 0 Å². The van der Waals surface area contributed by atoms with Gasteiger partial charge in [-0.25, -0.2) is 4.98 Å². The van der Waals surface area contributed by atoms with Crippen LogP contribution in [0.2, 0.25) is 0 Å². The molecular weight excluding hydrogens is 262 g/mol. The molecule has 0 unspecified atom stereocenters. The zero-order valence-electron chi connectivity index (χ0n) is 12.8. The van der Waals surface area contributed by atoms with Gasteiger partial charge in [0.2, 0.25) is 5.91 Å². The smallest absolute Gasteiger partial charge is 0.220 e. The maximum Gasteiger partial charge on any atom is 0.220 e. The van der Waals surface area contributed by atoms with Crippen LogP contribution in [-0.4, -0.2) is 21.5 Å². The van der Waals surface area contributed by atoms with Crippen LogP contribution in [0.25, 0.3) is 0 Å². The summed E-state index contributed by atoms with van der Waals surface area (Å²) in [5, 5.41) is 3.28. The number of carbonyl (C=O) groups is 1. The molecule has 1 aromatic rings. The second-order valence-electron chi connectivity index (χ2n) is 7.30. The highest BCUT2D eigenvalue weighted by Crippen LogP contribution is 2.50. The van der Waals surface area contributed by atoms with E-state index < -0.39 is 0 Å². The predicted molar refractivity (Wildman–Crippen MR) is 80.8 cm³/mol. The molecule has 1 aromatic heterocycles. The normalized spacial score (nSPS) is 25.0. The number of hydrogen-bond donors (Lipinski definition) is 1. The Labute approximate surface area is 126 Å². The van der Waals surface area contributed by atoms with Gasteiger partial charge in [0.1, 0.15) is 5.82 Å². The van der Waals surface area contributed by atoms with Gasteiger partial charge in [-0.3, -0.25) is 4.79 Å². The fourth-order valence-corrected chi connectivity index (χ4v) is 3.97. The molecule has 0 bridgehead atoms. The van der Waals surface area contributed by atoms with E-state index in [1.165, 1.54) is 31.5 Å². The summed E-state index contributed by atoms with van der Waals surface area (Å²) in [5.41, 5.74) is 1.08. The quantitative estimate of drug-likeness (QED) is 0.904. The molecule has 2 heterocycles. The van der Waals surface area contributed by atoms with E-state index in [1.807, 2.05) is 6.92 Å². The fourth-order valence-electron chi connectivity index (χ4n) is 3.97. The molecule has 2 aliphatic carbocycles. The molecule has 4 rings (SSSR count). The maximum atomic E-state index is 12.4. The van der Waals surface area contributed by atoms with Crippen molar-refractivity contribution in [1.29, 1.82) is 0 Å². The first kappa shape index (κ1) is 13.4. The number of aromatic nitrogens is 2. The minimum Gasteiger partial charge on any atom is -0.352 e. The van der Waals surface area contributed by atoms with E-state index in [0.29, 0.717) is 5.92 Å². The van der Waals surface area contributed by atoms with Crippen molar-refractivity contribution in [3.63, 3.8) is 0 Å². The number of rotatable bonds is 5. The molecular formula is C17H25N3O. The zero-order chi connectivity index (χ0) is 14.4. The third-order valence-electron chi connectivity index (χ3n) is 5.35. The van der Waals surface area contributed by atoms with Crippen LogP contribution in [0.5, 0.6) is 0 Å². The van der Waals surface area contributed by atoms with E-state index >= 15 is 0 Å². The molecule has 0 spiro atoms. The molecule has 0 saturated heterocycles. The van der Waals surface area contributed by atoms with Crippen LogP contribution in [-0.2, 0) is 17.8 Å². The fraction of sp³-hybridized carbons (Fsp3) is 0.765. The van der Waals surface area contributed by atoms with E-state index in [4.69, 9.17) is 0 Å². The second-order valence-corrected chi connectivity index (χ2v) is 7.30. The van der Waals surface area contributed by atoms with Crippen LogP contribution < -0.4 is 5.32 Å². The van der Waals surface area contributed by atoms with Crippen molar-refractivity contribution in [2.45, 2.75) is 64.5 Å². The van der Waals surface area contributed by atoms with Crippen LogP contribution in [0.1, 0.15) is 50.0 Å². The highest BCUT2D eigenvalue weighted by atomic mass is 16.1. The summed E-state index contributed by atoms with van der Waals surface area (Å²) in [6.07, 6.45) is 10.3. The van der Waals surface area contributed by atoms with Crippen LogP contribution >= 0.6 is 0 Å². The van der Waals surface area contributed by atoms with Crippen molar-refractivity contribution < 1.29 is 4.79 Å². The largest absolute Gasteiger partial charge is 0.352 e. The SMILES string of the molecule is Cc1cn2c(n1)CC[C@@H](NC(=O)CC(C1CC1)C1CC1)C2. The Bertz CT molecular complexity index is 530. The van der Waals surface area contributed by atoms with Crippen molar-refractivity contribution in [2.24, 2.45) is 17.8 Å². The highest BCUT2D eigenvalue weighted by molar-refractivity contribution is 5.76. The molecule has 1 aliphatic heterocycles. The minimum atomic E-state index is 0.282. The molecule has 4 nitrogen and oxygen atoms in total. The molecule has 1 N–H and O–H groups in total. The maximum absolute atomic E-state index is 12.4. The van der Waals surface area contributed by atoms with Crippen LogP contribution in [0.3, 0.4) is 0 Å². The third-order valence-corrected chi connectivity index (χ3v) is 5.35. The summed E-state index contributed by atoms with van der Waals surface area (Å²) in [4.78, 5) is 16.9. The average Bonchev–Trinajstić information content (AvgIpc) is 3.33. The number of aryl methyl sites for hydroxylation is 2. The van der Waals surface area contributed by atoms with Gasteiger partial charge in [-0.1, -0.05) is 0 Å². The van der Waals surface area contributed by atoms with Gasteiger partial charge in [0.25, 0.3) is 0 Å². The lowest BCUT2D eigenvalue weighted by molar-refractivity contribution is -0.123. The Morgan fingerprint density at radius 1 is 1.33 bits per heavy atom. The Hall–Kier alpha value is -1.32. The zero-order valence-corrected chi connectivity index (χ0v) is 12.8. The molecule has 1 amide bonds. The molecule has 3 aliphatic rings. The number of carbonyl (C=O) groups excluding carboxylic acids is 1. The van der Waals surface area contributed by atoms with Crippen LogP contribution in [0, 0.1) is 24.7 Å². The number of fused-ring (bicyclic) bond motifs is 1. The number of nitrogens with zero attached hydrogens (tertiary/aromatic N) is 2. The molecule has 2 fully saturated rings. The van der Waals surface area contributed by atoms with Gasteiger partial charge in [-0.15, -0.1) is 0 Å². The molecule has 2 saturated carbocycles. The van der Waals surface area contributed by atoms with Gasteiger partial charge < -0.3 is 9.88 Å². The Kier molecular flexibility index (Phi) is 3.27. The Balaban J connectivity index is 1.32. The molecule has 0 radical (unpaired) electrons. The average molecular weight is 287 g/mol. The van der Waals surface area contributed by atoms with Gasteiger partial charge in [-0.2, -0.15) is 0 Å². The summed E-state index contributed by atoms with van der Waals surface area (Å²) in [6, 6.07) is 0.289. The van der Waals surface area contributed by atoms with Crippen molar-refractivity contribution in [2.75, 3.05) is 0 Å².